The minimum absolute atomic E-state index is 0.0776. The monoisotopic (exact) mass is 345 g/mol. The lowest BCUT2D eigenvalue weighted by Gasteiger charge is -2.14. The van der Waals surface area contributed by atoms with Gasteiger partial charge in [-0.05, 0) is 42.8 Å². The molecule has 1 heterocycles. The summed E-state index contributed by atoms with van der Waals surface area (Å²) in [5.74, 6) is 0.736. The molecule has 0 amide bonds. The fraction of sp³-hybridized carbons (Fsp3) is 0.227. The first kappa shape index (κ1) is 16.5. The third-order valence-corrected chi connectivity index (χ3v) is 5.19. The van der Waals surface area contributed by atoms with Crippen LogP contribution >= 0.6 is 0 Å². The number of rotatable bonds is 2. The summed E-state index contributed by atoms with van der Waals surface area (Å²) in [7, 11) is 1.85. The van der Waals surface area contributed by atoms with Crippen LogP contribution in [0.3, 0.4) is 0 Å². The van der Waals surface area contributed by atoms with Crippen LogP contribution in [0, 0.1) is 6.92 Å². The van der Waals surface area contributed by atoms with Gasteiger partial charge in [0.1, 0.15) is 6.54 Å². The van der Waals surface area contributed by atoms with Gasteiger partial charge in [-0.2, -0.15) is 0 Å². The zero-order valence-electron chi connectivity index (χ0n) is 15.5. The Morgan fingerprint density at radius 3 is 2.19 bits per heavy atom. The lowest BCUT2D eigenvalue weighted by Crippen LogP contribution is -2.39. The summed E-state index contributed by atoms with van der Waals surface area (Å²) in [4.78, 5) is 26.5. The lowest BCUT2D eigenvalue weighted by molar-refractivity contribution is -0.679. The zero-order chi connectivity index (χ0) is 18.6. The molecule has 0 saturated heterocycles. The van der Waals surface area contributed by atoms with Gasteiger partial charge in [0.25, 0.3) is 5.82 Å². The Morgan fingerprint density at radius 2 is 1.62 bits per heavy atom. The molecule has 4 heteroatoms. The minimum atomic E-state index is -0.0816. The van der Waals surface area contributed by atoms with E-state index in [2.05, 4.69) is 6.08 Å². The molecule has 26 heavy (non-hydrogen) atoms. The molecule has 0 radical (unpaired) electrons. The van der Waals surface area contributed by atoms with Crippen molar-refractivity contribution in [3.05, 3.63) is 76.4 Å². The molecule has 1 aliphatic carbocycles. The van der Waals surface area contributed by atoms with Crippen LogP contribution in [0.1, 0.15) is 51.8 Å². The van der Waals surface area contributed by atoms with Crippen LogP contribution in [0.4, 0.5) is 0 Å². The number of hydrogen-bond donors (Lipinski definition) is 0. The van der Waals surface area contributed by atoms with Crippen molar-refractivity contribution in [2.24, 2.45) is 7.05 Å². The molecule has 4 rings (SSSR count). The van der Waals surface area contributed by atoms with Gasteiger partial charge < -0.3 is 0 Å². The summed E-state index contributed by atoms with van der Waals surface area (Å²) in [5.41, 5.74) is 3.15. The highest BCUT2D eigenvalue weighted by atomic mass is 16.1. The number of imidazole rings is 1. The van der Waals surface area contributed by atoms with Crippen LogP contribution in [0.25, 0.3) is 10.8 Å². The van der Waals surface area contributed by atoms with Crippen LogP contribution < -0.4 is 4.57 Å². The zero-order valence-corrected chi connectivity index (χ0v) is 15.5. The number of allylic oxidation sites excluding steroid dienone is 2. The van der Waals surface area contributed by atoms with Crippen molar-refractivity contribution in [1.82, 2.24) is 4.57 Å². The highest BCUT2D eigenvalue weighted by Gasteiger charge is 2.42. The SMILES string of the molecule is CC(C)=CCn1c2c([n+](C)c1C)C(=O)c1cc3ccccc3cc1C2=O. The van der Waals surface area contributed by atoms with Crippen LogP contribution in [-0.2, 0) is 13.6 Å². The van der Waals surface area contributed by atoms with Gasteiger partial charge in [-0.25, -0.2) is 9.13 Å². The number of hydrogen-bond acceptors (Lipinski definition) is 2. The summed E-state index contributed by atoms with van der Waals surface area (Å²) in [5, 5.41) is 1.94. The molecule has 0 N–H and O–H groups in total. The highest BCUT2D eigenvalue weighted by molar-refractivity contribution is 6.27. The molecule has 2 aromatic carbocycles. The van der Waals surface area contributed by atoms with Crippen LogP contribution in [0.2, 0.25) is 0 Å². The number of nitrogens with zero attached hydrogens (tertiary/aromatic N) is 2. The largest absolute Gasteiger partial charge is 0.284 e. The van der Waals surface area contributed by atoms with Crippen molar-refractivity contribution in [2.45, 2.75) is 27.3 Å². The molecular weight excluding hydrogens is 324 g/mol. The first-order chi connectivity index (χ1) is 12.4. The second kappa shape index (κ2) is 5.77. The standard InChI is InChI=1S/C22H21N2O2/c1-13(2)9-10-24-14(3)23(4)19-20(24)22(26)18-12-16-8-6-5-7-15(16)11-17(18)21(19)25/h5-9,11-12H,10H2,1-4H3/q+1. The number of ketones is 2. The van der Waals surface area contributed by atoms with Crippen molar-refractivity contribution < 1.29 is 14.2 Å². The van der Waals surface area contributed by atoms with Gasteiger partial charge in [0.15, 0.2) is 0 Å². The normalized spacial score (nSPS) is 12.9. The smallest absolute Gasteiger partial charge is 0.254 e. The molecule has 0 fully saturated rings. The first-order valence-electron chi connectivity index (χ1n) is 8.75. The number of fused-ring (bicyclic) bond motifs is 3. The number of benzene rings is 2. The van der Waals surface area contributed by atoms with E-state index in [1.54, 1.807) is 0 Å². The van der Waals surface area contributed by atoms with E-state index in [0.717, 1.165) is 16.6 Å². The molecule has 1 aliphatic rings. The van der Waals surface area contributed by atoms with Crippen LogP contribution in [-0.4, -0.2) is 16.1 Å². The lowest BCUT2D eigenvalue weighted by atomic mass is 9.87. The summed E-state index contributed by atoms with van der Waals surface area (Å²) in [6.45, 7) is 6.58. The molecule has 0 spiro atoms. The maximum atomic E-state index is 13.3. The molecule has 0 unspecified atom stereocenters. The van der Waals surface area contributed by atoms with Gasteiger partial charge in [-0.3, -0.25) is 9.59 Å². The van der Waals surface area contributed by atoms with Crippen LogP contribution in [0.15, 0.2) is 48.0 Å². The van der Waals surface area contributed by atoms with Crippen LogP contribution in [0.5, 0.6) is 0 Å². The molecule has 3 aromatic rings. The van der Waals surface area contributed by atoms with Gasteiger partial charge >= 0.3 is 0 Å². The molecule has 4 nitrogen and oxygen atoms in total. The Bertz CT molecular complexity index is 1130. The third-order valence-electron chi connectivity index (χ3n) is 5.19. The van der Waals surface area contributed by atoms with Gasteiger partial charge in [0.2, 0.25) is 23.0 Å². The van der Waals surface area contributed by atoms with Gasteiger partial charge in [0.05, 0.1) is 7.05 Å². The number of carbonyl (C=O) groups excluding carboxylic acids is 2. The van der Waals surface area contributed by atoms with E-state index in [9.17, 15) is 9.59 Å². The summed E-state index contributed by atoms with van der Waals surface area (Å²) >= 11 is 0. The number of carbonyl (C=O) groups is 2. The predicted molar refractivity (Wildman–Crippen MR) is 101 cm³/mol. The predicted octanol–water partition coefficient (Wildman–Crippen LogP) is 3.52. The van der Waals surface area contributed by atoms with Crippen molar-refractivity contribution >= 4 is 22.3 Å². The Morgan fingerprint density at radius 1 is 1.04 bits per heavy atom. The quantitative estimate of drug-likeness (QED) is 0.412. The van der Waals surface area contributed by atoms with E-state index in [0.29, 0.717) is 29.1 Å². The maximum Gasteiger partial charge on any atom is 0.254 e. The van der Waals surface area contributed by atoms with Gasteiger partial charge in [-0.15, -0.1) is 0 Å². The molecule has 0 bridgehead atoms. The molecule has 0 saturated carbocycles. The Kier molecular flexibility index (Phi) is 3.65. The number of aromatic nitrogens is 2. The fourth-order valence-corrected chi connectivity index (χ4v) is 3.65. The molecule has 1 aromatic heterocycles. The first-order valence-corrected chi connectivity index (χ1v) is 8.75. The van der Waals surface area contributed by atoms with Gasteiger partial charge in [-0.1, -0.05) is 29.8 Å². The van der Waals surface area contributed by atoms with Crippen molar-refractivity contribution in [3.63, 3.8) is 0 Å². The van der Waals surface area contributed by atoms with Crippen molar-refractivity contribution in [3.8, 4) is 0 Å². The minimum Gasteiger partial charge on any atom is -0.284 e. The van der Waals surface area contributed by atoms with E-state index < -0.39 is 0 Å². The molecule has 0 atom stereocenters. The van der Waals surface area contributed by atoms with E-state index in [1.165, 1.54) is 5.57 Å². The van der Waals surface area contributed by atoms with E-state index >= 15 is 0 Å². The highest BCUT2D eigenvalue weighted by Crippen LogP contribution is 2.30. The second-order valence-corrected chi connectivity index (χ2v) is 7.10. The Labute approximate surface area is 152 Å². The van der Waals surface area contributed by atoms with E-state index in [4.69, 9.17) is 0 Å². The fourth-order valence-electron chi connectivity index (χ4n) is 3.65. The van der Waals surface area contributed by atoms with Gasteiger partial charge in [0, 0.05) is 18.1 Å². The summed E-state index contributed by atoms with van der Waals surface area (Å²) in [6.07, 6.45) is 2.07. The van der Waals surface area contributed by atoms with E-state index in [1.807, 2.05) is 73.4 Å². The second-order valence-electron chi connectivity index (χ2n) is 7.10. The van der Waals surface area contributed by atoms with Crippen molar-refractivity contribution in [1.29, 1.82) is 0 Å². The maximum absolute atomic E-state index is 13.3. The average Bonchev–Trinajstić information content (AvgIpc) is 2.88. The average molecular weight is 345 g/mol. The Hall–Kier alpha value is -3.01. The topological polar surface area (TPSA) is 43.0 Å². The summed E-state index contributed by atoms with van der Waals surface area (Å²) in [6, 6.07) is 11.5. The summed E-state index contributed by atoms with van der Waals surface area (Å²) < 4.78 is 3.78. The van der Waals surface area contributed by atoms with Crippen molar-refractivity contribution in [2.75, 3.05) is 0 Å². The molecule has 0 aliphatic heterocycles. The Balaban J connectivity index is 1.99. The third kappa shape index (κ3) is 2.25. The van der Waals surface area contributed by atoms with E-state index in [-0.39, 0.29) is 11.6 Å². The molecule has 130 valence electrons. The molecular formula is C22H21N2O2+.